The first-order valence-electron chi connectivity index (χ1n) is 5.88. The zero-order chi connectivity index (χ0) is 14.9. The van der Waals surface area contributed by atoms with E-state index in [1.54, 1.807) is 18.2 Å². The Hall–Kier alpha value is -1.53. The van der Waals surface area contributed by atoms with E-state index in [1.165, 1.54) is 18.2 Å². The minimum Gasteiger partial charge on any atom is -0.506 e. The second-order valence-corrected chi connectivity index (χ2v) is 7.07. The normalized spacial score (nSPS) is 11.3. The van der Waals surface area contributed by atoms with Crippen molar-refractivity contribution in [3.05, 3.63) is 52.0 Å². The van der Waals surface area contributed by atoms with Crippen LogP contribution in [0.1, 0.15) is 11.1 Å². The third kappa shape index (κ3) is 3.13. The Labute approximate surface area is 126 Å². The Morgan fingerprint density at radius 2 is 1.80 bits per heavy atom. The Bertz CT molecular complexity index is 757. The summed E-state index contributed by atoms with van der Waals surface area (Å²) in [6.45, 7) is 3.63. The molecule has 0 saturated heterocycles. The summed E-state index contributed by atoms with van der Waals surface area (Å²) in [5.41, 5.74) is 1.84. The number of benzene rings is 2. The number of phenolic OH excluding ortho intramolecular Hbond substituents is 1. The van der Waals surface area contributed by atoms with Crippen LogP contribution in [-0.4, -0.2) is 13.5 Å². The van der Waals surface area contributed by atoms with Crippen molar-refractivity contribution in [2.45, 2.75) is 18.7 Å². The Morgan fingerprint density at radius 3 is 2.40 bits per heavy atom. The maximum absolute atomic E-state index is 12.3. The zero-order valence-corrected chi connectivity index (χ0v) is 13.4. The molecule has 0 aromatic heterocycles. The van der Waals surface area contributed by atoms with Gasteiger partial charge in [-0.05, 0) is 55.3 Å². The van der Waals surface area contributed by atoms with Crippen LogP contribution < -0.4 is 4.72 Å². The topological polar surface area (TPSA) is 66.4 Å². The highest BCUT2D eigenvalue weighted by atomic mass is 79.9. The van der Waals surface area contributed by atoms with Crippen molar-refractivity contribution >= 4 is 31.6 Å². The molecular weight excluding hydrogens is 342 g/mol. The van der Waals surface area contributed by atoms with Gasteiger partial charge < -0.3 is 5.11 Å². The highest BCUT2D eigenvalue weighted by molar-refractivity contribution is 9.10. The van der Waals surface area contributed by atoms with Crippen LogP contribution >= 0.6 is 15.9 Å². The molecule has 0 heterocycles. The van der Waals surface area contributed by atoms with E-state index < -0.39 is 10.0 Å². The lowest BCUT2D eigenvalue weighted by atomic mass is 10.2. The molecule has 0 unspecified atom stereocenters. The predicted molar refractivity (Wildman–Crippen MR) is 82.5 cm³/mol. The largest absolute Gasteiger partial charge is 0.506 e. The molecule has 0 amide bonds. The second kappa shape index (κ2) is 5.46. The molecule has 0 bridgehead atoms. The van der Waals surface area contributed by atoms with Crippen molar-refractivity contribution in [1.82, 2.24) is 0 Å². The molecule has 0 atom stereocenters. The summed E-state index contributed by atoms with van der Waals surface area (Å²) in [6.07, 6.45) is 0. The third-order valence-corrected chi connectivity index (χ3v) is 5.09. The molecule has 0 aliphatic carbocycles. The van der Waals surface area contributed by atoms with E-state index in [4.69, 9.17) is 0 Å². The Balaban J connectivity index is 2.38. The van der Waals surface area contributed by atoms with Crippen molar-refractivity contribution in [3.8, 4) is 5.75 Å². The van der Waals surface area contributed by atoms with Crippen LogP contribution in [0.3, 0.4) is 0 Å². The minimum absolute atomic E-state index is 0.0950. The fourth-order valence-electron chi connectivity index (χ4n) is 1.72. The highest BCUT2D eigenvalue weighted by Gasteiger charge is 2.16. The Kier molecular flexibility index (Phi) is 4.06. The number of nitrogens with one attached hydrogen (secondary N) is 1. The van der Waals surface area contributed by atoms with Crippen LogP contribution in [-0.2, 0) is 10.0 Å². The number of rotatable bonds is 3. The van der Waals surface area contributed by atoms with Crippen LogP contribution in [0.25, 0.3) is 0 Å². The molecule has 2 aromatic carbocycles. The summed E-state index contributed by atoms with van der Waals surface area (Å²) in [6, 6.07) is 9.52. The first-order chi connectivity index (χ1) is 9.29. The quantitative estimate of drug-likeness (QED) is 0.827. The molecule has 2 aromatic rings. The lowest BCUT2D eigenvalue weighted by Gasteiger charge is -2.11. The van der Waals surface area contributed by atoms with E-state index >= 15 is 0 Å². The number of aryl methyl sites for hydroxylation is 2. The van der Waals surface area contributed by atoms with Gasteiger partial charge in [0.25, 0.3) is 10.0 Å². The summed E-state index contributed by atoms with van der Waals surface area (Å²) in [5.74, 6) is -0.0950. The number of aromatic hydroxyl groups is 1. The molecule has 2 N–H and O–H groups in total. The summed E-state index contributed by atoms with van der Waals surface area (Å²) in [7, 11) is -3.72. The first-order valence-corrected chi connectivity index (χ1v) is 8.16. The molecule has 4 nitrogen and oxygen atoms in total. The Morgan fingerprint density at radius 1 is 1.10 bits per heavy atom. The zero-order valence-electron chi connectivity index (χ0n) is 11.0. The van der Waals surface area contributed by atoms with Gasteiger partial charge in [-0.3, -0.25) is 4.72 Å². The van der Waals surface area contributed by atoms with Gasteiger partial charge in [0.15, 0.2) is 0 Å². The molecule has 0 spiro atoms. The molecule has 0 aliphatic rings. The van der Waals surface area contributed by atoms with Crippen LogP contribution in [0, 0.1) is 13.8 Å². The molecule has 6 heteroatoms. The average molecular weight is 356 g/mol. The van der Waals surface area contributed by atoms with E-state index in [1.807, 2.05) is 13.8 Å². The molecule has 0 saturated carbocycles. The number of hydrogen-bond donors (Lipinski definition) is 2. The molecule has 20 heavy (non-hydrogen) atoms. The minimum atomic E-state index is -3.72. The number of sulfonamides is 1. The fourth-order valence-corrected chi connectivity index (χ4v) is 3.12. The van der Waals surface area contributed by atoms with Crippen LogP contribution in [0.2, 0.25) is 0 Å². The van der Waals surface area contributed by atoms with Crippen molar-refractivity contribution in [3.63, 3.8) is 0 Å². The first kappa shape index (κ1) is 14.9. The molecule has 0 radical (unpaired) electrons. The molecule has 106 valence electrons. The van der Waals surface area contributed by atoms with Crippen molar-refractivity contribution in [1.29, 1.82) is 0 Å². The molecular formula is C14H14BrNO3S. The van der Waals surface area contributed by atoms with Crippen molar-refractivity contribution in [2.75, 3.05) is 4.72 Å². The SMILES string of the molecule is Cc1ccc(NS(=O)(=O)c2ccc(Br)c(C)c2)c(O)c1. The van der Waals surface area contributed by atoms with E-state index in [0.29, 0.717) is 0 Å². The smallest absolute Gasteiger partial charge is 0.262 e. The number of halogens is 1. The van der Waals surface area contributed by atoms with Gasteiger partial charge in [0.1, 0.15) is 5.75 Å². The number of hydrogen-bond acceptors (Lipinski definition) is 3. The monoisotopic (exact) mass is 355 g/mol. The van der Waals surface area contributed by atoms with E-state index in [9.17, 15) is 13.5 Å². The second-order valence-electron chi connectivity index (χ2n) is 4.54. The summed E-state index contributed by atoms with van der Waals surface area (Å²) in [5, 5.41) is 9.77. The number of phenols is 1. The lowest BCUT2D eigenvalue weighted by molar-refractivity contribution is 0.477. The van der Waals surface area contributed by atoms with Gasteiger partial charge in [0, 0.05) is 4.47 Å². The number of anilines is 1. The standard InChI is InChI=1S/C14H14BrNO3S/c1-9-3-6-13(14(17)7-9)16-20(18,19)11-4-5-12(15)10(2)8-11/h3-8,16-17H,1-2H3. The third-order valence-electron chi connectivity index (χ3n) is 2.84. The lowest BCUT2D eigenvalue weighted by Crippen LogP contribution is -2.13. The van der Waals surface area contributed by atoms with Gasteiger partial charge in [0.05, 0.1) is 10.6 Å². The molecule has 0 aliphatic heterocycles. The molecule has 0 fully saturated rings. The van der Waals surface area contributed by atoms with E-state index in [-0.39, 0.29) is 16.3 Å². The van der Waals surface area contributed by atoms with E-state index in [2.05, 4.69) is 20.7 Å². The van der Waals surface area contributed by atoms with Crippen LogP contribution in [0.5, 0.6) is 5.75 Å². The highest BCUT2D eigenvalue weighted by Crippen LogP contribution is 2.27. The summed E-state index contributed by atoms with van der Waals surface area (Å²) >= 11 is 3.33. The maximum atomic E-state index is 12.3. The predicted octanol–water partition coefficient (Wildman–Crippen LogP) is 3.57. The van der Waals surface area contributed by atoms with Crippen LogP contribution in [0.15, 0.2) is 45.8 Å². The van der Waals surface area contributed by atoms with Gasteiger partial charge in [0.2, 0.25) is 0 Å². The van der Waals surface area contributed by atoms with Crippen LogP contribution in [0.4, 0.5) is 5.69 Å². The van der Waals surface area contributed by atoms with Crippen molar-refractivity contribution < 1.29 is 13.5 Å². The maximum Gasteiger partial charge on any atom is 0.262 e. The van der Waals surface area contributed by atoms with Crippen molar-refractivity contribution in [2.24, 2.45) is 0 Å². The van der Waals surface area contributed by atoms with Gasteiger partial charge >= 0.3 is 0 Å². The van der Waals surface area contributed by atoms with Gasteiger partial charge in [-0.2, -0.15) is 0 Å². The van der Waals surface area contributed by atoms with Gasteiger partial charge in [-0.25, -0.2) is 8.42 Å². The van der Waals surface area contributed by atoms with Gasteiger partial charge in [-0.15, -0.1) is 0 Å². The summed E-state index contributed by atoms with van der Waals surface area (Å²) in [4.78, 5) is 0.151. The van der Waals surface area contributed by atoms with E-state index in [0.717, 1.165) is 15.6 Å². The fraction of sp³-hybridized carbons (Fsp3) is 0.143. The average Bonchev–Trinajstić information content (AvgIpc) is 2.36. The van der Waals surface area contributed by atoms with Gasteiger partial charge in [-0.1, -0.05) is 22.0 Å². The summed E-state index contributed by atoms with van der Waals surface area (Å²) < 4.78 is 27.8. The molecule has 2 rings (SSSR count).